The van der Waals surface area contributed by atoms with Crippen molar-refractivity contribution in [1.29, 1.82) is 0 Å². The molecule has 0 bridgehead atoms. The van der Waals surface area contributed by atoms with Gasteiger partial charge in [-0.25, -0.2) is 8.78 Å². The number of hydrogen-bond acceptors (Lipinski definition) is 2. The molecule has 5 nitrogen and oxygen atoms in total. The number of aromatic nitrogens is 1. The maximum atomic E-state index is 14.1. The van der Waals surface area contributed by atoms with Gasteiger partial charge in [-0.2, -0.15) is 0 Å². The first-order chi connectivity index (χ1) is 13.9. The average Bonchev–Trinajstić information content (AvgIpc) is 3.27. The Bertz CT molecular complexity index is 1090. The van der Waals surface area contributed by atoms with E-state index in [4.69, 9.17) is 0 Å². The van der Waals surface area contributed by atoms with Crippen LogP contribution in [0.2, 0.25) is 0 Å². The Morgan fingerprint density at radius 1 is 1.17 bits per heavy atom. The quantitative estimate of drug-likeness (QED) is 0.618. The lowest BCUT2D eigenvalue weighted by Crippen LogP contribution is -2.40. The van der Waals surface area contributed by atoms with Gasteiger partial charge in [-0.3, -0.25) is 9.59 Å². The van der Waals surface area contributed by atoms with Crippen molar-refractivity contribution in [1.82, 2.24) is 15.6 Å². The molecule has 0 spiro atoms. The topological polar surface area (TPSA) is 74.0 Å². The number of halogens is 2. The molecule has 7 heteroatoms. The lowest BCUT2D eigenvalue weighted by Gasteiger charge is -2.10. The summed E-state index contributed by atoms with van der Waals surface area (Å²) in [4.78, 5) is 27.3. The van der Waals surface area contributed by atoms with Gasteiger partial charge < -0.3 is 15.6 Å². The van der Waals surface area contributed by atoms with Crippen molar-refractivity contribution in [3.63, 3.8) is 0 Å². The maximum Gasteiger partial charge on any atom is 0.242 e. The summed E-state index contributed by atoms with van der Waals surface area (Å²) >= 11 is 0. The molecule has 1 aliphatic rings. The van der Waals surface area contributed by atoms with Crippen LogP contribution < -0.4 is 10.6 Å². The van der Waals surface area contributed by atoms with E-state index in [1.165, 1.54) is 18.2 Å². The number of nitrogens with one attached hydrogen (secondary N) is 3. The lowest BCUT2D eigenvalue weighted by molar-refractivity contribution is -0.127. The molecule has 1 unspecified atom stereocenters. The Balaban J connectivity index is 1.65. The number of amides is 2. The van der Waals surface area contributed by atoms with Gasteiger partial charge in [0.15, 0.2) is 0 Å². The minimum atomic E-state index is -0.488. The largest absolute Gasteiger partial charge is 0.354 e. The van der Waals surface area contributed by atoms with Gasteiger partial charge >= 0.3 is 0 Å². The fourth-order valence-corrected chi connectivity index (χ4v) is 3.79. The lowest BCUT2D eigenvalue weighted by atomic mass is 10.00. The summed E-state index contributed by atoms with van der Waals surface area (Å²) in [7, 11) is 0. The van der Waals surface area contributed by atoms with Crippen LogP contribution in [0.25, 0.3) is 22.2 Å². The third-order valence-corrected chi connectivity index (χ3v) is 5.39. The first-order valence-electron chi connectivity index (χ1n) is 9.56. The van der Waals surface area contributed by atoms with Crippen LogP contribution in [0.4, 0.5) is 8.78 Å². The first-order valence-corrected chi connectivity index (χ1v) is 9.56. The normalized spacial score (nSPS) is 16.2. The maximum absolute atomic E-state index is 14.1. The Kier molecular flexibility index (Phi) is 5.05. The van der Waals surface area contributed by atoms with Crippen LogP contribution in [-0.4, -0.2) is 29.4 Å². The summed E-state index contributed by atoms with van der Waals surface area (Å²) in [5.41, 5.74) is 3.51. The highest BCUT2D eigenvalue weighted by Crippen LogP contribution is 2.33. The van der Waals surface area contributed by atoms with Crippen molar-refractivity contribution in [2.75, 3.05) is 6.54 Å². The number of carbonyl (C=O) groups is 2. The van der Waals surface area contributed by atoms with Gasteiger partial charge in [-0.15, -0.1) is 0 Å². The van der Waals surface area contributed by atoms with Crippen molar-refractivity contribution in [2.45, 2.75) is 32.2 Å². The van der Waals surface area contributed by atoms with Gasteiger partial charge in [0, 0.05) is 29.6 Å². The molecule has 1 saturated heterocycles. The predicted molar refractivity (Wildman–Crippen MR) is 106 cm³/mol. The molecule has 1 aromatic heterocycles. The third-order valence-electron chi connectivity index (χ3n) is 5.39. The molecule has 2 amide bonds. The fraction of sp³-hybridized carbons (Fsp3) is 0.273. The number of carbonyl (C=O) groups excluding carboxylic acids is 2. The number of aromatic amines is 1. The Labute approximate surface area is 166 Å². The van der Waals surface area contributed by atoms with Gasteiger partial charge in [0.1, 0.15) is 17.7 Å². The fourth-order valence-electron chi connectivity index (χ4n) is 3.79. The second-order valence-corrected chi connectivity index (χ2v) is 7.28. The molecular formula is C22H21F2N3O2. The minimum Gasteiger partial charge on any atom is -0.354 e. The van der Waals surface area contributed by atoms with E-state index >= 15 is 0 Å². The summed E-state index contributed by atoms with van der Waals surface area (Å²) < 4.78 is 27.4. The number of hydrogen-bond donors (Lipinski definition) is 3. The molecule has 0 aliphatic carbocycles. The second kappa shape index (κ2) is 7.66. The van der Waals surface area contributed by atoms with Crippen molar-refractivity contribution in [2.24, 2.45) is 0 Å². The molecule has 150 valence electrons. The van der Waals surface area contributed by atoms with E-state index in [-0.39, 0.29) is 29.9 Å². The van der Waals surface area contributed by atoms with E-state index in [0.717, 1.165) is 22.2 Å². The minimum absolute atomic E-state index is 0.163. The molecule has 4 rings (SSSR count). The van der Waals surface area contributed by atoms with Gasteiger partial charge in [0.2, 0.25) is 11.8 Å². The van der Waals surface area contributed by atoms with E-state index in [0.29, 0.717) is 30.5 Å². The van der Waals surface area contributed by atoms with Crippen molar-refractivity contribution in [3.8, 4) is 11.3 Å². The highest BCUT2D eigenvalue weighted by atomic mass is 19.1. The zero-order valence-electron chi connectivity index (χ0n) is 15.9. The molecule has 0 radical (unpaired) electrons. The molecule has 3 aromatic rings. The van der Waals surface area contributed by atoms with Gasteiger partial charge in [0.05, 0.1) is 5.52 Å². The number of benzene rings is 2. The highest BCUT2D eigenvalue weighted by molar-refractivity contribution is 5.94. The van der Waals surface area contributed by atoms with Gasteiger partial charge in [-0.1, -0.05) is 0 Å². The smallest absolute Gasteiger partial charge is 0.242 e. The van der Waals surface area contributed by atoms with Crippen LogP contribution in [-0.2, 0) is 16.0 Å². The number of fused-ring (bicyclic) bond motifs is 1. The molecule has 3 N–H and O–H groups in total. The summed E-state index contributed by atoms with van der Waals surface area (Å²) in [6.45, 7) is 2.25. The Hall–Kier alpha value is -3.22. The van der Waals surface area contributed by atoms with E-state index in [1.54, 1.807) is 25.1 Å². The molecule has 1 aliphatic heterocycles. The van der Waals surface area contributed by atoms with E-state index < -0.39 is 6.04 Å². The van der Waals surface area contributed by atoms with Crippen molar-refractivity contribution >= 4 is 22.7 Å². The number of H-pyrrole nitrogens is 1. The van der Waals surface area contributed by atoms with Gasteiger partial charge in [0.25, 0.3) is 0 Å². The van der Waals surface area contributed by atoms with Crippen LogP contribution in [0.5, 0.6) is 0 Å². The van der Waals surface area contributed by atoms with Crippen molar-refractivity contribution < 1.29 is 18.4 Å². The van der Waals surface area contributed by atoms with E-state index in [2.05, 4.69) is 15.6 Å². The summed E-state index contributed by atoms with van der Waals surface area (Å²) in [5.74, 6) is -1.04. The van der Waals surface area contributed by atoms with Crippen molar-refractivity contribution in [3.05, 3.63) is 59.2 Å². The summed E-state index contributed by atoms with van der Waals surface area (Å²) in [6, 6.07) is 8.65. The zero-order chi connectivity index (χ0) is 20.5. The van der Waals surface area contributed by atoms with E-state index in [1.807, 2.05) is 0 Å². The molecular weight excluding hydrogens is 376 g/mol. The molecule has 29 heavy (non-hydrogen) atoms. The second-order valence-electron chi connectivity index (χ2n) is 7.28. The van der Waals surface area contributed by atoms with Crippen LogP contribution >= 0.6 is 0 Å². The monoisotopic (exact) mass is 397 g/mol. The molecule has 2 heterocycles. The van der Waals surface area contributed by atoms with E-state index in [9.17, 15) is 18.4 Å². The average molecular weight is 397 g/mol. The SMILES string of the molecule is Cc1c(F)ccc2c(CCC(=O)NC3CCNC3=O)c(-c3ccc(F)cc3)[nH]c12. The van der Waals surface area contributed by atoms with Crippen LogP contribution in [0.15, 0.2) is 36.4 Å². The van der Waals surface area contributed by atoms with Crippen LogP contribution in [0.3, 0.4) is 0 Å². The number of rotatable bonds is 5. The summed E-state index contributed by atoms with van der Waals surface area (Å²) in [6.07, 6.45) is 1.16. The van der Waals surface area contributed by atoms with Crippen LogP contribution in [0.1, 0.15) is 24.0 Å². The number of aryl methyl sites for hydroxylation is 2. The third kappa shape index (κ3) is 3.72. The standard InChI is InChI=1S/C22H21F2N3O2/c1-12-17(24)8-6-15-16(7-9-19(28)26-18-10-11-25-22(18)29)21(27-20(12)15)13-2-4-14(23)5-3-13/h2-6,8,18,27H,7,9-11H2,1H3,(H,25,29)(H,26,28). The van der Waals surface area contributed by atoms with Gasteiger partial charge in [-0.05, 0) is 67.3 Å². The molecule has 1 fully saturated rings. The Morgan fingerprint density at radius 2 is 1.93 bits per heavy atom. The predicted octanol–water partition coefficient (Wildman–Crippen LogP) is 3.36. The molecule has 2 aromatic carbocycles. The first kappa shape index (κ1) is 19.1. The molecule has 1 atom stereocenters. The summed E-state index contributed by atoms with van der Waals surface area (Å²) in [5, 5.41) is 6.27. The molecule has 0 saturated carbocycles. The Morgan fingerprint density at radius 3 is 2.62 bits per heavy atom. The zero-order valence-corrected chi connectivity index (χ0v) is 15.9. The van der Waals surface area contributed by atoms with Crippen LogP contribution in [0, 0.1) is 18.6 Å². The highest BCUT2D eigenvalue weighted by Gasteiger charge is 2.25.